The summed E-state index contributed by atoms with van der Waals surface area (Å²) in [6, 6.07) is 0. The van der Waals surface area contributed by atoms with Gasteiger partial charge in [-0.1, -0.05) is 6.08 Å². The summed E-state index contributed by atoms with van der Waals surface area (Å²) in [4.78, 5) is 10.3. The normalized spacial score (nSPS) is 17.8. The van der Waals surface area contributed by atoms with Crippen molar-refractivity contribution in [2.24, 2.45) is 0 Å². The zero-order valence-corrected chi connectivity index (χ0v) is 9.78. The molecule has 0 saturated heterocycles. The highest BCUT2D eigenvalue weighted by molar-refractivity contribution is 5.38. The largest absolute Gasteiger partial charge is 0.433 e. The Bertz CT molecular complexity index is 265. The molecule has 2 unspecified atom stereocenters. The fraction of sp³-hybridized carbons (Fsp3) is 0.700. The van der Waals surface area contributed by atoms with Crippen LogP contribution in [0.25, 0.3) is 0 Å². The third kappa shape index (κ3) is 6.28. The minimum atomic E-state index is -4.39. The zero-order valence-electron chi connectivity index (χ0n) is 9.78. The minimum absolute atomic E-state index is 0.0474. The van der Waals surface area contributed by atoms with Gasteiger partial charge in [0.2, 0.25) is 5.79 Å². The Kier molecular flexibility index (Phi) is 6.19. The van der Waals surface area contributed by atoms with Crippen LogP contribution in [0, 0.1) is 0 Å². The van der Waals surface area contributed by atoms with Gasteiger partial charge in [-0.05, 0) is 6.92 Å². The highest BCUT2D eigenvalue weighted by Gasteiger charge is 2.34. The van der Waals surface area contributed by atoms with Gasteiger partial charge in [-0.15, -0.1) is 0 Å². The van der Waals surface area contributed by atoms with Crippen molar-refractivity contribution in [2.75, 3.05) is 13.7 Å². The summed E-state index contributed by atoms with van der Waals surface area (Å²) in [6.07, 6.45) is -4.18. The van der Waals surface area contributed by atoms with Crippen LogP contribution < -0.4 is 0 Å². The van der Waals surface area contributed by atoms with E-state index in [-0.39, 0.29) is 19.2 Å². The quantitative estimate of drug-likeness (QED) is 0.397. The molecule has 0 rings (SSSR count). The minimum Gasteiger partial charge on any atom is -0.433 e. The number of carbonyl (C=O) groups is 1. The van der Waals surface area contributed by atoms with E-state index in [4.69, 9.17) is 9.47 Å². The topological polar surface area (TPSA) is 44.8 Å². The Hall–Kier alpha value is -1.08. The van der Waals surface area contributed by atoms with Crippen LogP contribution in [0.3, 0.4) is 0 Å². The monoisotopic (exact) mass is 256 g/mol. The van der Waals surface area contributed by atoms with Gasteiger partial charge in [0.05, 0.1) is 6.61 Å². The van der Waals surface area contributed by atoms with Gasteiger partial charge < -0.3 is 14.2 Å². The molecule has 0 heterocycles. The maximum atomic E-state index is 11.8. The van der Waals surface area contributed by atoms with Crippen molar-refractivity contribution in [2.45, 2.75) is 31.9 Å². The van der Waals surface area contributed by atoms with Gasteiger partial charge in [0.15, 0.2) is 0 Å². The number of allylic oxidation sites excluding steroid dienone is 1. The molecule has 100 valence electrons. The van der Waals surface area contributed by atoms with E-state index in [9.17, 15) is 18.0 Å². The van der Waals surface area contributed by atoms with Crippen molar-refractivity contribution in [3.8, 4) is 0 Å². The maximum Gasteiger partial charge on any atom is 0.409 e. The third-order valence-corrected chi connectivity index (χ3v) is 2.15. The lowest BCUT2D eigenvalue weighted by molar-refractivity contribution is -0.250. The van der Waals surface area contributed by atoms with E-state index >= 15 is 0 Å². The number of ether oxygens (including phenoxy) is 3. The summed E-state index contributed by atoms with van der Waals surface area (Å²) in [6.45, 7) is 2.77. The van der Waals surface area contributed by atoms with Crippen molar-refractivity contribution >= 4 is 6.47 Å². The fourth-order valence-electron chi connectivity index (χ4n) is 0.952. The average molecular weight is 256 g/mol. The maximum absolute atomic E-state index is 11.8. The molecule has 0 aromatic carbocycles. The molecule has 2 atom stereocenters. The van der Waals surface area contributed by atoms with E-state index < -0.39 is 18.1 Å². The molecule has 0 aliphatic rings. The van der Waals surface area contributed by atoms with Crippen molar-refractivity contribution in [1.82, 2.24) is 0 Å². The summed E-state index contributed by atoms with van der Waals surface area (Å²) in [5.41, 5.74) is 0. The number of hydrogen-bond acceptors (Lipinski definition) is 4. The van der Waals surface area contributed by atoms with Gasteiger partial charge in [-0.3, -0.25) is 4.79 Å². The first-order valence-corrected chi connectivity index (χ1v) is 4.78. The van der Waals surface area contributed by atoms with Gasteiger partial charge in [0.25, 0.3) is 6.47 Å². The summed E-state index contributed by atoms with van der Waals surface area (Å²) in [5.74, 6) is -1.42. The van der Waals surface area contributed by atoms with Gasteiger partial charge in [0.1, 0.15) is 6.10 Å². The first-order chi connectivity index (χ1) is 7.75. The van der Waals surface area contributed by atoms with Crippen molar-refractivity contribution in [3.05, 3.63) is 12.2 Å². The summed E-state index contributed by atoms with van der Waals surface area (Å²) < 4.78 is 50.0. The molecule has 4 nitrogen and oxygen atoms in total. The standard InChI is InChI=1S/C10H15F3O4/c1-8(15-3)9(2,17-7-14)16-6-4-5-10(11,12)13/h4-5,7-8H,6H2,1-3H3/b5-4+. The van der Waals surface area contributed by atoms with Crippen LogP contribution in [0.15, 0.2) is 12.2 Å². The van der Waals surface area contributed by atoms with E-state index in [0.29, 0.717) is 0 Å². The number of hydrogen-bond donors (Lipinski definition) is 0. The lowest BCUT2D eigenvalue weighted by Gasteiger charge is -2.32. The third-order valence-electron chi connectivity index (χ3n) is 2.15. The molecular formula is C10H15F3O4. The van der Waals surface area contributed by atoms with Gasteiger partial charge >= 0.3 is 6.18 Å². The van der Waals surface area contributed by atoms with Crippen LogP contribution >= 0.6 is 0 Å². The Balaban J connectivity index is 4.37. The smallest absolute Gasteiger partial charge is 0.409 e. The molecule has 7 heteroatoms. The van der Waals surface area contributed by atoms with Crippen LogP contribution in [0.2, 0.25) is 0 Å². The molecule has 0 amide bonds. The number of methoxy groups -OCH3 is 1. The second-order valence-corrected chi connectivity index (χ2v) is 3.36. The molecule has 0 aromatic heterocycles. The molecule has 0 fully saturated rings. The molecule has 17 heavy (non-hydrogen) atoms. The molecule has 0 aliphatic carbocycles. The summed E-state index contributed by atoms with van der Waals surface area (Å²) in [5, 5.41) is 0. The lowest BCUT2D eigenvalue weighted by atomic mass is 10.2. The first kappa shape index (κ1) is 15.9. The van der Waals surface area contributed by atoms with Gasteiger partial charge in [-0.25, -0.2) is 0 Å². The van der Waals surface area contributed by atoms with Crippen molar-refractivity contribution in [3.63, 3.8) is 0 Å². The van der Waals surface area contributed by atoms with Crippen LogP contribution in [-0.4, -0.2) is 38.3 Å². The van der Waals surface area contributed by atoms with E-state index in [0.717, 1.165) is 6.08 Å². The van der Waals surface area contributed by atoms with E-state index in [1.807, 2.05) is 0 Å². The highest BCUT2D eigenvalue weighted by Crippen LogP contribution is 2.20. The lowest BCUT2D eigenvalue weighted by Crippen LogP contribution is -2.44. The fourth-order valence-corrected chi connectivity index (χ4v) is 0.952. The molecular weight excluding hydrogens is 241 g/mol. The number of alkyl halides is 3. The molecule has 0 spiro atoms. The molecule has 0 saturated carbocycles. The number of rotatable bonds is 7. The Morgan fingerprint density at radius 1 is 1.35 bits per heavy atom. The van der Waals surface area contributed by atoms with Crippen molar-refractivity contribution < 1.29 is 32.2 Å². The average Bonchev–Trinajstić information content (AvgIpc) is 2.22. The molecule has 0 N–H and O–H groups in total. The predicted molar refractivity (Wildman–Crippen MR) is 53.2 cm³/mol. The molecule has 0 bridgehead atoms. The first-order valence-electron chi connectivity index (χ1n) is 4.78. The summed E-state index contributed by atoms with van der Waals surface area (Å²) in [7, 11) is 1.37. The van der Waals surface area contributed by atoms with Crippen molar-refractivity contribution in [1.29, 1.82) is 0 Å². The van der Waals surface area contributed by atoms with E-state index in [1.54, 1.807) is 6.92 Å². The number of halogens is 3. The van der Waals surface area contributed by atoms with Crippen LogP contribution in [-0.2, 0) is 19.0 Å². The van der Waals surface area contributed by atoms with Gasteiger partial charge in [-0.2, -0.15) is 13.2 Å². The molecule has 0 aromatic rings. The second-order valence-electron chi connectivity index (χ2n) is 3.36. The Labute approximate surface area is 97.3 Å². The summed E-state index contributed by atoms with van der Waals surface area (Å²) >= 11 is 0. The van der Waals surface area contributed by atoms with Crippen LogP contribution in [0.5, 0.6) is 0 Å². The Morgan fingerprint density at radius 3 is 2.35 bits per heavy atom. The SMILES string of the molecule is COC(C)C(C)(OC=O)OC/C=C/C(F)(F)F. The van der Waals surface area contributed by atoms with Gasteiger partial charge in [0, 0.05) is 20.1 Å². The van der Waals surface area contributed by atoms with Crippen LogP contribution in [0.1, 0.15) is 13.8 Å². The Morgan fingerprint density at radius 2 is 1.94 bits per heavy atom. The van der Waals surface area contributed by atoms with Crippen LogP contribution in [0.4, 0.5) is 13.2 Å². The predicted octanol–water partition coefficient (Wildman–Crippen LogP) is 2.05. The molecule has 0 radical (unpaired) electrons. The highest BCUT2D eigenvalue weighted by atomic mass is 19.4. The van der Waals surface area contributed by atoms with E-state index in [1.165, 1.54) is 14.0 Å². The second kappa shape index (κ2) is 6.61. The number of carbonyl (C=O) groups excluding carboxylic acids is 1. The zero-order chi connectivity index (χ0) is 13.5. The van der Waals surface area contributed by atoms with E-state index in [2.05, 4.69) is 4.74 Å². The molecule has 0 aliphatic heterocycles.